The topological polar surface area (TPSA) is 185 Å². The second-order valence-electron chi connectivity index (χ2n) is 3.07. The van der Waals surface area contributed by atoms with Gasteiger partial charge in [0.2, 0.25) is 0 Å². The molecule has 3 atom stereocenters. The summed E-state index contributed by atoms with van der Waals surface area (Å²) in [5.74, 6) is -1.35. The van der Waals surface area contributed by atoms with Gasteiger partial charge < -0.3 is 35.3 Å². The number of hydrogen-bond acceptors (Lipinski definition) is 8. The van der Waals surface area contributed by atoms with E-state index in [0.29, 0.717) is 0 Å². The molecule has 10 nitrogen and oxygen atoms in total. The van der Waals surface area contributed by atoms with Crippen molar-refractivity contribution in [3.63, 3.8) is 0 Å². The molecule has 17 heavy (non-hydrogen) atoms. The fourth-order valence-electron chi connectivity index (χ4n) is 0.787. The summed E-state index contributed by atoms with van der Waals surface area (Å²) >= 11 is 0. The first-order valence-corrected chi connectivity index (χ1v) is 5.72. The van der Waals surface area contributed by atoms with Crippen molar-refractivity contribution >= 4 is 13.6 Å². The molecule has 0 amide bonds. The second kappa shape index (κ2) is 6.50. The lowest BCUT2D eigenvalue weighted by Crippen LogP contribution is -2.48. The molecule has 7 N–H and O–H groups in total. The molecule has 0 radical (unpaired) electrons. The molecule has 0 spiro atoms. The SMILES string of the molecule is O=C(COP(=O)(O)O)C(O)C(O)C(O)C(O)O. The molecule has 0 aromatic rings. The van der Waals surface area contributed by atoms with Crippen LogP contribution in [0.25, 0.3) is 0 Å². The van der Waals surface area contributed by atoms with Crippen LogP contribution in [-0.2, 0) is 13.9 Å². The summed E-state index contributed by atoms with van der Waals surface area (Å²) in [7, 11) is -4.91. The first-order chi connectivity index (χ1) is 7.56. The summed E-state index contributed by atoms with van der Waals surface area (Å²) in [6.07, 6.45) is -9.12. The number of phosphoric ester groups is 1. The lowest BCUT2D eigenvalue weighted by atomic mass is 10.0. The summed E-state index contributed by atoms with van der Waals surface area (Å²) in [6, 6.07) is 0. The Morgan fingerprint density at radius 1 is 1.06 bits per heavy atom. The van der Waals surface area contributed by atoms with Crippen LogP contribution in [0.3, 0.4) is 0 Å². The predicted molar refractivity (Wildman–Crippen MR) is 49.2 cm³/mol. The number of carbonyl (C=O) groups excluding carboxylic acids is 1. The van der Waals surface area contributed by atoms with Crippen LogP contribution in [0.5, 0.6) is 0 Å². The minimum Gasteiger partial charge on any atom is -0.387 e. The Kier molecular flexibility index (Phi) is 6.34. The summed E-state index contributed by atoms with van der Waals surface area (Å²) in [5, 5.41) is 43.9. The number of ketones is 1. The van der Waals surface area contributed by atoms with E-state index in [-0.39, 0.29) is 0 Å². The lowest BCUT2D eigenvalue weighted by Gasteiger charge is -2.22. The van der Waals surface area contributed by atoms with Gasteiger partial charge in [-0.2, -0.15) is 0 Å². The molecule has 3 unspecified atom stereocenters. The van der Waals surface area contributed by atoms with E-state index in [1.54, 1.807) is 0 Å². The number of carbonyl (C=O) groups is 1. The van der Waals surface area contributed by atoms with Crippen LogP contribution in [0.4, 0.5) is 0 Å². The zero-order valence-electron chi connectivity index (χ0n) is 8.32. The van der Waals surface area contributed by atoms with Crippen LogP contribution in [0.1, 0.15) is 0 Å². The Bertz CT molecular complexity index is 297. The van der Waals surface area contributed by atoms with Gasteiger partial charge in [0, 0.05) is 0 Å². The number of hydrogen-bond donors (Lipinski definition) is 7. The van der Waals surface area contributed by atoms with E-state index >= 15 is 0 Å². The molecular weight excluding hydrogens is 263 g/mol. The maximum Gasteiger partial charge on any atom is 0.470 e. The maximum atomic E-state index is 11.0. The number of phosphoric acid groups is 1. The van der Waals surface area contributed by atoms with Crippen molar-refractivity contribution in [1.29, 1.82) is 0 Å². The number of aliphatic hydroxyl groups excluding tert-OH is 4. The zero-order valence-corrected chi connectivity index (χ0v) is 9.21. The molecule has 11 heteroatoms. The van der Waals surface area contributed by atoms with Gasteiger partial charge in [-0.25, -0.2) is 4.57 Å². The molecule has 0 aromatic carbocycles. The highest BCUT2D eigenvalue weighted by atomic mass is 31.2. The molecular formula is C6H13O10P. The van der Waals surface area contributed by atoms with E-state index < -0.39 is 44.8 Å². The van der Waals surface area contributed by atoms with Crippen molar-refractivity contribution in [1.82, 2.24) is 0 Å². The van der Waals surface area contributed by atoms with Gasteiger partial charge >= 0.3 is 7.82 Å². The monoisotopic (exact) mass is 276 g/mol. The quantitative estimate of drug-likeness (QED) is 0.179. The van der Waals surface area contributed by atoms with Gasteiger partial charge in [0.1, 0.15) is 24.9 Å². The maximum absolute atomic E-state index is 11.0. The summed E-state index contributed by atoms with van der Waals surface area (Å²) in [5.41, 5.74) is 0. The zero-order chi connectivity index (χ0) is 13.8. The Balaban J connectivity index is 4.35. The smallest absolute Gasteiger partial charge is 0.387 e. The van der Waals surface area contributed by atoms with E-state index in [4.69, 9.17) is 35.3 Å². The van der Waals surface area contributed by atoms with Crippen LogP contribution < -0.4 is 0 Å². The third-order valence-electron chi connectivity index (χ3n) is 1.68. The molecule has 0 fully saturated rings. The van der Waals surface area contributed by atoms with Crippen molar-refractivity contribution in [3.05, 3.63) is 0 Å². The van der Waals surface area contributed by atoms with Crippen LogP contribution >= 0.6 is 7.82 Å². The largest absolute Gasteiger partial charge is 0.470 e. The van der Waals surface area contributed by atoms with Crippen molar-refractivity contribution in [2.24, 2.45) is 0 Å². The number of aliphatic hydroxyl groups is 5. The van der Waals surface area contributed by atoms with Crippen molar-refractivity contribution in [3.8, 4) is 0 Å². The average Bonchev–Trinajstić information content (AvgIpc) is 2.21. The Labute approximate surface area is 94.9 Å². The van der Waals surface area contributed by atoms with Crippen LogP contribution in [0.2, 0.25) is 0 Å². The van der Waals surface area contributed by atoms with E-state index in [1.165, 1.54) is 0 Å². The summed E-state index contributed by atoms with van der Waals surface area (Å²) in [6.45, 7) is -1.21. The lowest BCUT2D eigenvalue weighted by molar-refractivity contribution is -0.180. The van der Waals surface area contributed by atoms with Crippen LogP contribution in [0.15, 0.2) is 0 Å². The van der Waals surface area contributed by atoms with Crippen LogP contribution in [-0.4, -0.2) is 72.3 Å². The Morgan fingerprint density at radius 2 is 1.53 bits per heavy atom. The van der Waals surface area contributed by atoms with Gasteiger partial charge in [-0.05, 0) is 0 Å². The molecule has 0 heterocycles. The van der Waals surface area contributed by atoms with Gasteiger partial charge in [0.05, 0.1) is 0 Å². The molecule has 0 saturated carbocycles. The highest BCUT2D eigenvalue weighted by Crippen LogP contribution is 2.35. The standard InChI is InChI=1S/C6H13O10P/c7-2(1-16-17(13,14)15)3(8)4(9)5(10)6(11)12/h3-6,8-12H,1H2,(H2,13,14,15). The Morgan fingerprint density at radius 3 is 1.88 bits per heavy atom. The minimum atomic E-state index is -4.91. The van der Waals surface area contributed by atoms with Gasteiger partial charge in [0.15, 0.2) is 12.1 Å². The molecule has 0 aliphatic rings. The highest BCUT2D eigenvalue weighted by molar-refractivity contribution is 7.46. The number of rotatable bonds is 7. The van der Waals surface area contributed by atoms with Crippen molar-refractivity contribution < 1.29 is 49.2 Å². The molecule has 0 aliphatic carbocycles. The van der Waals surface area contributed by atoms with Gasteiger partial charge in [-0.3, -0.25) is 9.32 Å². The van der Waals surface area contributed by atoms with E-state index in [9.17, 15) is 9.36 Å². The third-order valence-corrected chi connectivity index (χ3v) is 2.15. The molecule has 0 saturated heterocycles. The predicted octanol–water partition coefficient (Wildman–Crippen LogP) is -3.94. The van der Waals surface area contributed by atoms with Crippen molar-refractivity contribution in [2.45, 2.75) is 24.6 Å². The van der Waals surface area contributed by atoms with Gasteiger partial charge in [-0.15, -0.1) is 0 Å². The Hall–Kier alpha value is -0.420. The number of Topliss-reactive ketones (excluding diaryl/α,β-unsaturated/α-hetero) is 1. The van der Waals surface area contributed by atoms with Crippen LogP contribution in [0, 0.1) is 0 Å². The molecule has 0 bridgehead atoms. The first-order valence-electron chi connectivity index (χ1n) is 4.19. The molecule has 0 aromatic heterocycles. The highest BCUT2D eigenvalue weighted by Gasteiger charge is 2.34. The summed E-state index contributed by atoms with van der Waals surface area (Å²) < 4.78 is 14.0. The van der Waals surface area contributed by atoms with Gasteiger partial charge in [0.25, 0.3) is 0 Å². The molecule has 102 valence electrons. The van der Waals surface area contributed by atoms with E-state index in [1.807, 2.05) is 0 Å². The van der Waals surface area contributed by atoms with E-state index in [2.05, 4.69) is 4.52 Å². The minimum absolute atomic E-state index is 1.21. The van der Waals surface area contributed by atoms with Crippen molar-refractivity contribution in [2.75, 3.05) is 6.61 Å². The third kappa shape index (κ3) is 6.17. The normalized spacial score (nSPS) is 17.9. The molecule has 0 rings (SSSR count). The first kappa shape index (κ1) is 16.6. The fraction of sp³-hybridized carbons (Fsp3) is 0.833. The van der Waals surface area contributed by atoms with Gasteiger partial charge in [-0.1, -0.05) is 0 Å². The fourth-order valence-corrected chi connectivity index (χ4v) is 1.08. The van der Waals surface area contributed by atoms with E-state index in [0.717, 1.165) is 0 Å². The summed E-state index contributed by atoms with van der Waals surface area (Å²) in [4.78, 5) is 27.5. The average molecular weight is 276 g/mol. The molecule has 0 aliphatic heterocycles. The second-order valence-corrected chi connectivity index (χ2v) is 4.31.